The van der Waals surface area contributed by atoms with Crippen molar-refractivity contribution in [3.63, 3.8) is 0 Å². The summed E-state index contributed by atoms with van der Waals surface area (Å²) in [6, 6.07) is 7.59. The summed E-state index contributed by atoms with van der Waals surface area (Å²) in [5.41, 5.74) is 7.96. The van der Waals surface area contributed by atoms with Crippen LogP contribution in [0.2, 0.25) is 0 Å². The molecule has 0 fully saturated rings. The quantitative estimate of drug-likeness (QED) is 0.819. The molecule has 0 saturated heterocycles. The van der Waals surface area contributed by atoms with Gasteiger partial charge in [-0.15, -0.1) is 0 Å². The Morgan fingerprint density at radius 1 is 1.29 bits per heavy atom. The predicted octanol–water partition coefficient (Wildman–Crippen LogP) is 1.90. The van der Waals surface area contributed by atoms with Gasteiger partial charge in [0.05, 0.1) is 12.6 Å². The normalized spacial score (nSPS) is 12.8. The molecule has 17 heavy (non-hydrogen) atoms. The molecule has 1 unspecified atom stereocenters. The van der Waals surface area contributed by atoms with E-state index in [4.69, 9.17) is 10.5 Å². The lowest BCUT2D eigenvalue weighted by Gasteiger charge is -2.10. The zero-order chi connectivity index (χ0) is 12.8. The molecule has 1 rings (SSSR count). The van der Waals surface area contributed by atoms with Gasteiger partial charge >= 0.3 is 0 Å². The molecule has 0 amide bonds. The number of methoxy groups -OCH3 is 1. The van der Waals surface area contributed by atoms with Crippen molar-refractivity contribution in [2.75, 3.05) is 13.7 Å². The third-order valence-electron chi connectivity index (χ3n) is 2.78. The van der Waals surface area contributed by atoms with Crippen molar-refractivity contribution in [2.24, 2.45) is 5.73 Å². The third-order valence-corrected chi connectivity index (χ3v) is 2.78. The molecule has 1 aromatic rings. The van der Waals surface area contributed by atoms with E-state index >= 15 is 0 Å². The minimum atomic E-state index is -0.523. The smallest absolute Gasteiger partial charge is 0.156 e. The van der Waals surface area contributed by atoms with E-state index in [1.807, 2.05) is 12.1 Å². The Balaban J connectivity index is 2.60. The van der Waals surface area contributed by atoms with Crippen LogP contribution in [0.25, 0.3) is 0 Å². The maximum Gasteiger partial charge on any atom is 0.156 e. The van der Waals surface area contributed by atoms with Crippen LogP contribution in [0.5, 0.6) is 0 Å². The molecule has 0 saturated carbocycles. The fourth-order valence-electron chi connectivity index (χ4n) is 1.63. The van der Waals surface area contributed by atoms with E-state index in [0.717, 1.165) is 5.56 Å². The van der Waals surface area contributed by atoms with E-state index in [9.17, 15) is 4.79 Å². The molecule has 94 valence electrons. The molecule has 0 aliphatic heterocycles. The minimum Gasteiger partial charge on any atom is -0.383 e. The average molecular weight is 235 g/mol. The highest BCUT2D eigenvalue weighted by atomic mass is 16.5. The minimum absolute atomic E-state index is 0.0177. The maximum absolute atomic E-state index is 11.7. The fourth-order valence-corrected chi connectivity index (χ4v) is 1.63. The number of carbonyl (C=O) groups excluding carboxylic acids is 1. The number of hydrogen-bond donors (Lipinski definition) is 1. The second kappa shape index (κ2) is 6.52. The molecule has 0 spiro atoms. The number of rotatable bonds is 6. The highest BCUT2D eigenvalue weighted by Gasteiger charge is 2.13. The van der Waals surface area contributed by atoms with Crippen molar-refractivity contribution in [1.82, 2.24) is 0 Å². The van der Waals surface area contributed by atoms with Gasteiger partial charge in [0, 0.05) is 13.5 Å². The molecule has 0 bridgehead atoms. The first-order valence-corrected chi connectivity index (χ1v) is 5.90. The Morgan fingerprint density at radius 2 is 1.88 bits per heavy atom. The molecule has 2 N–H and O–H groups in total. The Bertz CT molecular complexity index is 357. The second-order valence-electron chi connectivity index (χ2n) is 4.60. The zero-order valence-electron chi connectivity index (χ0n) is 10.8. The summed E-state index contributed by atoms with van der Waals surface area (Å²) >= 11 is 0. The molecule has 0 heterocycles. The van der Waals surface area contributed by atoms with Gasteiger partial charge in [-0.05, 0) is 17.0 Å². The molecule has 3 nitrogen and oxygen atoms in total. The summed E-state index contributed by atoms with van der Waals surface area (Å²) in [5.74, 6) is 0.527. The SMILES string of the molecule is COCC(N)C(=O)Cc1ccc(C(C)C)cc1. The summed E-state index contributed by atoms with van der Waals surface area (Å²) in [4.78, 5) is 11.7. The zero-order valence-corrected chi connectivity index (χ0v) is 10.8. The van der Waals surface area contributed by atoms with Crippen molar-refractivity contribution < 1.29 is 9.53 Å². The molecule has 0 aliphatic rings. The van der Waals surface area contributed by atoms with Gasteiger partial charge in [-0.1, -0.05) is 38.1 Å². The number of ether oxygens (including phenoxy) is 1. The van der Waals surface area contributed by atoms with Crippen LogP contribution in [0.1, 0.15) is 30.9 Å². The third kappa shape index (κ3) is 4.29. The number of Topliss-reactive ketones (excluding diaryl/α,β-unsaturated/α-hetero) is 1. The van der Waals surface area contributed by atoms with Gasteiger partial charge in [-0.3, -0.25) is 4.79 Å². The van der Waals surface area contributed by atoms with Crippen LogP contribution in [0.4, 0.5) is 0 Å². The molecule has 0 aliphatic carbocycles. The molecule has 1 aromatic carbocycles. The van der Waals surface area contributed by atoms with Crippen LogP contribution in [-0.2, 0) is 16.0 Å². The number of benzene rings is 1. The summed E-state index contributed by atoms with van der Waals surface area (Å²) in [7, 11) is 1.55. The summed E-state index contributed by atoms with van der Waals surface area (Å²) in [6.07, 6.45) is 0.378. The number of hydrogen-bond acceptors (Lipinski definition) is 3. The van der Waals surface area contributed by atoms with Gasteiger partial charge < -0.3 is 10.5 Å². The molecule has 0 radical (unpaired) electrons. The first-order valence-electron chi connectivity index (χ1n) is 5.90. The fraction of sp³-hybridized carbons (Fsp3) is 0.500. The largest absolute Gasteiger partial charge is 0.383 e. The highest BCUT2D eigenvalue weighted by molar-refractivity contribution is 5.86. The summed E-state index contributed by atoms with van der Waals surface area (Å²) in [6.45, 7) is 4.58. The average Bonchev–Trinajstić information content (AvgIpc) is 2.30. The van der Waals surface area contributed by atoms with E-state index in [0.29, 0.717) is 12.3 Å². The highest BCUT2D eigenvalue weighted by Crippen LogP contribution is 2.15. The predicted molar refractivity (Wildman–Crippen MR) is 69.1 cm³/mol. The lowest BCUT2D eigenvalue weighted by atomic mass is 9.99. The van der Waals surface area contributed by atoms with Crippen LogP contribution in [0, 0.1) is 0 Å². The first-order chi connectivity index (χ1) is 8.04. The van der Waals surface area contributed by atoms with Gasteiger partial charge in [0.15, 0.2) is 5.78 Å². The maximum atomic E-state index is 11.7. The van der Waals surface area contributed by atoms with Crippen molar-refractivity contribution in [2.45, 2.75) is 32.2 Å². The topological polar surface area (TPSA) is 52.3 Å². The van der Waals surface area contributed by atoms with Gasteiger partial charge in [-0.2, -0.15) is 0 Å². The number of ketones is 1. The van der Waals surface area contributed by atoms with Crippen molar-refractivity contribution in [3.05, 3.63) is 35.4 Å². The molecular formula is C14H21NO2. The van der Waals surface area contributed by atoms with Gasteiger partial charge in [0.2, 0.25) is 0 Å². The van der Waals surface area contributed by atoms with Crippen LogP contribution < -0.4 is 5.73 Å². The molecule has 0 aromatic heterocycles. The van der Waals surface area contributed by atoms with Gasteiger partial charge in [0.25, 0.3) is 0 Å². The van der Waals surface area contributed by atoms with E-state index in [2.05, 4.69) is 26.0 Å². The van der Waals surface area contributed by atoms with Crippen molar-refractivity contribution in [1.29, 1.82) is 0 Å². The monoisotopic (exact) mass is 235 g/mol. The van der Waals surface area contributed by atoms with Crippen molar-refractivity contribution in [3.8, 4) is 0 Å². The number of nitrogens with two attached hydrogens (primary N) is 1. The molecule has 1 atom stereocenters. The Kier molecular flexibility index (Phi) is 5.32. The Morgan fingerprint density at radius 3 is 2.35 bits per heavy atom. The van der Waals surface area contributed by atoms with Gasteiger partial charge in [0.1, 0.15) is 0 Å². The standard InChI is InChI=1S/C14H21NO2/c1-10(2)12-6-4-11(5-7-12)8-14(16)13(15)9-17-3/h4-7,10,13H,8-9,15H2,1-3H3. The van der Waals surface area contributed by atoms with E-state index in [1.54, 1.807) is 7.11 Å². The molecule has 3 heteroatoms. The Hall–Kier alpha value is -1.19. The first kappa shape index (κ1) is 13.9. The lowest BCUT2D eigenvalue weighted by molar-refractivity contribution is -0.120. The molecular weight excluding hydrogens is 214 g/mol. The Labute approximate surface area is 103 Å². The van der Waals surface area contributed by atoms with Gasteiger partial charge in [-0.25, -0.2) is 0 Å². The summed E-state index contributed by atoms with van der Waals surface area (Å²) in [5, 5.41) is 0. The van der Waals surface area contributed by atoms with Crippen LogP contribution in [-0.4, -0.2) is 25.5 Å². The van der Waals surface area contributed by atoms with E-state index in [-0.39, 0.29) is 12.4 Å². The second-order valence-corrected chi connectivity index (χ2v) is 4.60. The van der Waals surface area contributed by atoms with Crippen LogP contribution in [0.15, 0.2) is 24.3 Å². The van der Waals surface area contributed by atoms with Crippen LogP contribution >= 0.6 is 0 Å². The number of carbonyl (C=O) groups is 1. The van der Waals surface area contributed by atoms with E-state index < -0.39 is 6.04 Å². The van der Waals surface area contributed by atoms with Crippen LogP contribution in [0.3, 0.4) is 0 Å². The summed E-state index contributed by atoms with van der Waals surface area (Å²) < 4.78 is 4.87. The van der Waals surface area contributed by atoms with Crippen molar-refractivity contribution >= 4 is 5.78 Å². The van der Waals surface area contributed by atoms with E-state index in [1.165, 1.54) is 5.56 Å². The lowest BCUT2D eigenvalue weighted by Crippen LogP contribution is -2.35.